The summed E-state index contributed by atoms with van der Waals surface area (Å²) in [4.78, 5) is 22.7. The van der Waals surface area contributed by atoms with Crippen molar-refractivity contribution in [2.75, 3.05) is 7.11 Å². The average Bonchev–Trinajstić information content (AvgIpc) is 2.58. The lowest BCUT2D eigenvalue weighted by molar-refractivity contribution is -0.164. The van der Waals surface area contributed by atoms with E-state index in [9.17, 15) is 9.59 Å². The van der Waals surface area contributed by atoms with Gasteiger partial charge in [-0.15, -0.1) is 0 Å². The van der Waals surface area contributed by atoms with E-state index in [-0.39, 0.29) is 5.97 Å². The molecule has 0 aromatic heterocycles. The highest BCUT2D eigenvalue weighted by Gasteiger charge is 2.17. The van der Waals surface area contributed by atoms with Crippen molar-refractivity contribution in [1.82, 2.24) is 0 Å². The standard InChI is InChI=1S/C20H38O4/c1-4-5-6-7-8-9-10-11-12-13-14-15-16-17-19(21)24-18(2)20(22)23-3/h18H,4-17H2,1-3H3/t18-/m1/s1. The summed E-state index contributed by atoms with van der Waals surface area (Å²) in [5, 5.41) is 0. The van der Waals surface area contributed by atoms with Crippen LogP contribution in [0.2, 0.25) is 0 Å². The van der Waals surface area contributed by atoms with Gasteiger partial charge < -0.3 is 9.47 Å². The predicted octanol–water partition coefficient (Wildman–Crippen LogP) is 5.57. The maximum absolute atomic E-state index is 11.5. The van der Waals surface area contributed by atoms with Crippen LogP contribution in [-0.2, 0) is 19.1 Å². The zero-order valence-electron chi connectivity index (χ0n) is 16.1. The molecule has 0 heterocycles. The quantitative estimate of drug-likeness (QED) is 0.272. The van der Waals surface area contributed by atoms with E-state index in [0.29, 0.717) is 6.42 Å². The fraction of sp³-hybridized carbons (Fsp3) is 0.900. The molecule has 0 aromatic carbocycles. The summed E-state index contributed by atoms with van der Waals surface area (Å²) in [6.07, 6.45) is 16.2. The monoisotopic (exact) mass is 342 g/mol. The third-order valence-corrected chi connectivity index (χ3v) is 4.33. The van der Waals surface area contributed by atoms with Gasteiger partial charge in [-0.2, -0.15) is 0 Å². The molecular weight excluding hydrogens is 304 g/mol. The Morgan fingerprint density at radius 2 is 1.17 bits per heavy atom. The van der Waals surface area contributed by atoms with E-state index < -0.39 is 12.1 Å². The normalized spacial score (nSPS) is 12.0. The van der Waals surface area contributed by atoms with Crippen LogP contribution in [0.3, 0.4) is 0 Å². The van der Waals surface area contributed by atoms with Gasteiger partial charge in [-0.25, -0.2) is 4.79 Å². The first kappa shape index (κ1) is 22.9. The van der Waals surface area contributed by atoms with E-state index in [1.54, 1.807) is 0 Å². The van der Waals surface area contributed by atoms with Crippen LogP contribution in [0.1, 0.15) is 104 Å². The van der Waals surface area contributed by atoms with Crippen molar-refractivity contribution in [3.05, 3.63) is 0 Å². The molecule has 0 rings (SSSR count). The summed E-state index contributed by atoms with van der Waals surface area (Å²) in [5.74, 6) is -0.815. The van der Waals surface area contributed by atoms with Crippen molar-refractivity contribution in [1.29, 1.82) is 0 Å². The topological polar surface area (TPSA) is 52.6 Å². The van der Waals surface area contributed by atoms with Crippen LogP contribution in [0.25, 0.3) is 0 Å². The van der Waals surface area contributed by atoms with Gasteiger partial charge in [0.25, 0.3) is 0 Å². The van der Waals surface area contributed by atoms with Gasteiger partial charge in [0.05, 0.1) is 7.11 Å². The lowest BCUT2D eigenvalue weighted by Crippen LogP contribution is -2.25. The molecule has 0 aromatic rings. The highest BCUT2D eigenvalue weighted by atomic mass is 16.6. The van der Waals surface area contributed by atoms with Crippen LogP contribution in [0.4, 0.5) is 0 Å². The average molecular weight is 343 g/mol. The molecule has 0 aliphatic carbocycles. The Bertz CT molecular complexity index is 315. The molecule has 0 radical (unpaired) electrons. The third-order valence-electron chi connectivity index (χ3n) is 4.33. The number of ether oxygens (including phenoxy) is 2. The number of carbonyl (C=O) groups is 2. The first-order valence-corrected chi connectivity index (χ1v) is 9.89. The fourth-order valence-corrected chi connectivity index (χ4v) is 2.76. The van der Waals surface area contributed by atoms with E-state index >= 15 is 0 Å². The second-order valence-electron chi connectivity index (χ2n) is 6.65. The molecule has 0 aliphatic rings. The molecule has 4 nitrogen and oxygen atoms in total. The van der Waals surface area contributed by atoms with Crippen LogP contribution < -0.4 is 0 Å². The van der Waals surface area contributed by atoms with Crippen molar-refractivity contribution in [3.8, 4) is 0 Å². The highest BCUT2D eigenvalue weighted by Crippen LogP contribution is 2.13. The van der Waals surface area contributed by atoms with Crippen molar-refractivity contribution >= 4 is 11.9 Å². The number of methoxy groups -OCH3 is 1. The minimum absolute atomic E-state index is 0.309. The zero-order valence-corrected chi connectivity index (χ0v) is 16.1. The van der Waals surface area contributed by atoms with Gasteiger partial charge >= 0.3 is 11.9 Å². The molecule has 0 aliphatic heterocycles. The number of carbonyl (C=O) groups excluding carboxylic acids is 2. The number of esters is 2. The van der Waals surface area contributed by atoms with Gasteiger partial charge in [-0.3, -0.25) is 4.79 Å². The maximum Gasteiger partial charge on any atom is 0.346 e. The van der Waals surface area contributed by atoms with Gasteiger partial charge in [-0.1, -0.05) is 84.0 Å². The summed E-state index contributed by atoms with van der Waals surface area (Å²) in [6, 6.07) is 0. The van der Waals surface area contributed by atoms with E-state index in [1.165, 1.54) is 84.7 Å². The molecule has 0 amide bonds. The molecule has 24 heavy (non-hydrogen) atoms. The molecule has 0 N–H and O–H groups in total. The lowest BCUT2D eigenvalue weighted by atomic mass is 10.0. The van der Waals surface area contributed by atoms with Gasteiger partial charge in [0.1, 0.15) is 0 Å². The Balaban J connectivity index is 3.27. The second kappa shape index (κ2) is 16.8. The molecular formula is C20H38O4. The summed E-state index contributed by atoms with van der Waals surface area (Å²) in [7, 11) is 1.29. The molecule has 0 spiro atoms. The summed E-state index contributed by atoms with van der Waals surface area (Å²) in [5.41, 5.74) is 0. The molecule has 0 fully saturated rings. The summed E-state index contributed by atoms with van der Waals surface area (Å²) in [6.45, 7) is 3.79. The number of unbranched alkanes of at least 4 members (excludes halogenated alkanes) is 12. The number of hydrogen-bond donors (Lipinski definition) is 0. The van der Waals surface area contributed by atoms with Crippen LogP contribution >= 0.6 is 0 Å². The Labute approximate surface area is 148 Å². The summed E-state index contributed by atoms with van der Waals surface area (Å²) >= 11 is 0. The van der Waals surface area contributed by atoms with Crippen molar-refractivity contribution < 1.29 is 19.1 Å². The number of hydrogen-bond acceptors (Lipinski definition) is 4. The van der Waals surface area contributed by atoms with Crippen LogP contribution in [0.15, 0.2) is 0 Å². The predicted molar refractivity (Wildman–Crippen MR) is 97.9 cm³/mol. The smallest absolute Gasteiger partial charge is 0.346 e. The van der Waals surface area contributed by atoms with Crippen LogP contribution in [-0.4, -0.2) is 25.2 Å². The Hall–Kier alpha value is -1.06. The van der Waals surface area contributed by atoms with Crippen LogP contribution in [0, 0.1) is 0 Å². The lowest BCUT2D eigenvalue weighted by Gasteiger charge is -2.10. The molecule has 142 valence electrons. The fourth-order valence-electron chi connectivity index (χ4n) is 2.76. The molecule has 0 saturated heterocycles. The third kappa shape index (κ3) is 14.5. The molecule has 0 bridgehead atoms. The molecule has 1 atom stereocenters. The highest BCUT2D eigenvalue weighted by molar-refractivity contribution is 5.78. The van der Waals surface area contributed by atoms with Gasteiger partial charge in [-0.05, 0) is 13.3 Å². The van der Waals surface area contributed by atoms with Crippen molar-refractivity contribution in [2.45, 2.75) is 110 Å². The van der Waals surface area contributed by atoms with Gasteiger partial charge in [0.15, 0.2) is 6.10 Å². The van der Waals surface area contributed by atoms with Crippen LogP contribution in [0.5, 0.6) is 0 Å². The van der Waals surface area contributed by atoms with Gasteiger partial charge in [0, 0.05) is 6.42 Å². The molecule has 4 heteroatoms. The molecule has 0 saturated carbocycles. The Morgan fingerprint density at radius 3 is 1.58 bits per heavy atom. The van der Waals surface area contributed by atoms with E-state index in [4.69, 9.17) is 4.74 Å². The first-order valence-electron chi connectivity index (χ1n) is 9.89. The maximum atomic E-state index is 11.5. The molecule has 0 unspecified atom stereocenters. The van der Waals surface area contributed by atoms with E-state index in [1.807, 2.05) is 0 Å². The second-order valence-corrected chi connectivity index (χ2v) is 6.65. The largest absolute Gasteiger partial charge is 0.466 e. The van der Waals surface area contributed by atoms with Crippen molar-refractivity contribution in [3.63, 3.8) is 0 Å². The summed E-state index contributed by atoms with van der Waals surface area (Å²) < 4.78 is 9.52. The minimum atomic E-state index is -0.801. The van der Waals surface area contributed by atoms with Crippen molar-refractivity contribution in [2.24, 2.45) is 0 Å². The SMILES string of the molecule is CCCCCCCCCCCCCCCC(=O)O[C@H](C)C(=O)OC. The zero-order chi connectivity index (χ0) is 18.0. The van der Waals surface area contributed by atoms with E-state index in [0.717, 1.165) is 12.8 Å². The Morgan fingerprint density at radius 1 is 0.750 bits per heavy atom. The Kier molecular flexibility index (Phi) is 16.0. The van der Waals surface area contributed by atoms with Gasteiger partial charge in [0.2, 0.25) is 0 Å². The van der Waals surface area contributed by atoms with E-state index in [2.05, 4.69) is 11.7 Å². The first-order chi connectivity index (χ1) is 11.6. The number of rotatable bonds is 16. The minimum Gasteiger partial charge on any atom is -0.466 e.